The molecule has 0 bridgehead atoms. The van der Waals surface area contributed by atoms with Crippen LogP contribution in [0.15, 0.2) is 16.5 Å². The summed E-state index contributed by atoms with van der Waals surface area (Å²) in [5.74, 6) is 3.34. The normalized spacial score (nSPS) is 12.5. The molecule has 52 valence electrons. The van der Waals surface area contributed by atoms with Gasteiger partial charge in [0.15, 0.2) is 6.10 Å². The first-order chi connectivity index (χ1) is 4.74. The molecule has 1 rings (SSSR count). The molecule has 1 N–H and O–H groups in total. The van der Waals surface area contributed by atoms with Gasteiger partial charge in [-0.25, -0.2) is 0 Å². The molecule has 0 fully saturated rings. The number of hydrogen-bond donors (Lipinski definition) is 1. The van der Waals surface area contributed by atoms with Crippen molar-refractivity contribution in [3.63, 3.8) is 0 Å². The third-order valence-corrected chi connectivity index (χ3v) is 1.19. The molecule has 1 aromatic rings. The second-order valence-electron chi connectivity index (χ2n) is 2.02. The van der Waals surface area contributed by atoms with Gasteiger partial charge >= 0.3 is 0 Å². The molecule has 0 aliphatic rings. The monoisotopic (exact) mass is 136 g/mol. The summed E-state index contributed by atoms with van der Waals surface area (Å²) in [5.41, 5.74) is 0. The fourth-order valence-electron chi connectivity index (χ4n) is 0.683. The highest BCUT2D eigenvalue weighted by Gasteiger charge is 2.05. The van der Waals surface area contributed by atoms with Gasteiger partial charge in [0.1, 0.15) is 11.5 Å². The molecule has 1 heterocycles. The number of aliphatic hydroxyl groups excluding tert-OH is 1. The van der Waals surface area contributed by atoms with Crippen molar-refractivity contribution < 1.29 is 9.52 Å². The lowest BCUT2D eigenvalue weighted by molar-refractivity contribution is 0.204. The first-order valence-corrected chi connectivity index (χ1v) is 2.94. The zero-order valence-electron chi connectivity index (χ0n) is 5.66. The van der Waals surface area contributed by atoms with Crippen molar-refractivity contribution >= 4 is 0 Å². The van der Waals surface area contributed by atoms with Crippen LogP contribution in [0.25, 0.3) is 0 Å². The van der Waals surface area contributed by atoms with E-state index in [0.717, 1.165) is 5.76 Å². The van der Waals surface area contributed by atoms with Crippen molar-refractivity contribution in [3.8, 4) is 12.3 Å². The van der Waals surface area contributed by atoms with Gasteiger partial charge in [-0.05, 0) is 19.1 Å². The lowest BCUT2D eigenvalue weighted by Gasteiger charge is -1.95. The van der Waals surface area contributed by atoms with Crippen LogP contribution in [0.3, 0.4) is 0 Å². The van der Waals surface area contributed by atoms with Crippen LogP contribution >= 0.6 is 0 Å². The number of hydrogen-bond acceptors (Lipinski definition) is 2. The van der Waals surface area contributed by atoms with E-state index in [1.165, 1.54) is 0 Å². The highest BCUT2D eigenvalue weighted by atomic mass is 16.4. The Hall–Kier alpha value is -1.20. The van der Waals surface area contributed by atoms with Gasteiger partial charge < -0.3 is 9.52 Å². The van der Waals surface area contributed by atoms with Crippen LogP contribution in [0.1, 0.15) is 17.6 Å². The van der Waals surface area contributed by atoms with Crippen molar-refractivity contribution in [1.82, 2.24) is 0 Å². The second-order valence-corrected chi connectivity index (χ2v) is 2.02. The number of aryl methyl sites for hydroxylation is 1. The lowest BCUT2D eigenvalue weighted by atomic mass is 10.3. The average molecular weight is 136 g/mol. The number of rotatable bonds is 1. The zero-order chi connectivity index (χ0) is 7.56. The van der Waals surface area contributed by atoms with Crippen molar-refractivity contribution in [2.24, 2.45) is 0 Å². The van der Waals surface area contributed by atoms with Gasteiger partial charge in [-0.3, -0.25) is 0 Å². The topological polar surface area (TPSA) is 33.4 Å². The highest BCUT2D eigenvalue weighted by Crippen LogP contribution is 2.14. The Bertz CT molecular complexity index is 254. The van der Waals surface area contributed by atoms with Gasteiger partial charge in [0.2, 0.25) is 0 Å². The molecular formula is C8H8O2. The van der Waals surface area contributed by atoms with E-state index >= 15 is 0 Å². The van der Waals surface area contributed by atoms with Crippen LogP contribution in [0, 0.1) is 19.3 Å². The summed E-state index contributed by atoms with van der Waals surface area (Å²) in [6.45, 7) is 1.80. The standard InChI is InChI=1S/C8H8O2/c1-3-7(9)8-5-4-6(2)10-8/h1,4-5,7,9H,2H3. The maximum absolute atomic E-state index is 9.01. The lowest BCUT2D eigenvalue weighted by Crippen LogP contribution is -1.88. The SMILES string of the molecule is C#CC(O)c1ccc(C)o1. The largest absolute Gasteiger partial charge is 0.463 e. The van der Waals surface area contributed by atoms with E-state index in [1.807, 2.05) is 0 Å². The Morgan fingerprint density at radius 2 is 2.40 bits per heavy atom. The predicted octanol–water partition coefficient (Wildman–Crippen LogP) is 1.25. The summed E-state index contributed by atoms with van der Waals surface area (Å²) in [5, 5.41) is 9.01. The minimum atomic E-state index is -0.909. The Labute approximate surface area is 59.5 Å². The van der Waals surface area contributed by atoms with E-state index in [1.54, 1.807) is 19.1 Å². The highest BCUT2D eigenvalue weighted by molar-refractivity contribution is 5.14. The summed E-state index contributed by atoms with van der Waals surface area (Å²) in [7, 11) is 0. The minimum Gasteiger partial charge on any atom is -0.463 e. The summed E-state index contributed by atoms with van der Waals surface area (Å²) in [6, 6.07) is 3.43. The first kappa shape index (κ1) is 6.91. The molecule has 0 radical (unpaired) electrons. The third kappa shape index (κ3) is 1.20. The Kier molecular flexibility index (Phi) is 1.79. The van der Waals surface area contributed by atoms with E-state index in [2.05, 4.69) is 5.92 Å². The van der Waals surface area contributed by atoms with Crippen LogP contribution in [-0.4, -0.2) is 5.11 Å². The van der Waals surface area contributed by atoms with Gasteiger partial charge in [0.25, 0.3) is 0 Å². The molecule has 2 nitrogen and oxygen atoms in total. The van der Waals surface area contributed by atoms with E-state index in [9.17, 15) is 0 Å². The summed E-state index contributed by atoms with van der Waals surface area (Å²) >= 11 is 0. The smallest absolute Gasteiger partial charge is 0.172 e. The van der Waals surface area contributed by atoms with Gasteiger partial charge in [0.05, 0.1) is 0 Å². The van der Waals surface area contributed by atoms with Crippen LogP contribution in [0.4, 0.5) is 0 Å². The molecule has 0 aliphatic carbocycles. The van der Waals surface area contributed by atoms with E-state index in [0.29, 0.717) is 5.76 Å². The molecule has 0 aliphatic heterocycles. The summed E-state index contributed by atoms with van der Waals surface area (Å²) in [4.78, 5) is 0. The fourth-order valence-corrected chi connectivity index (χ4v) is 0.683. The van der Waals surface area contributed by atoms with Gasteiger partial charge in [-0.2, -0.15) is 0 Å². The Balaban J connectivity index is 2.87. The fraction of sp³-hybridized carbons (Fsp3) is 0.250. The van der Waals surface area contributed by atoms with Gasteiger partial charge in [-0.15, -0.1) is 6.42 Å². The Morgan fingerprint density at radius 1 is 1.70 bits per heavy atom. The summed E-state index contributed by atoms with van der Waals surface area (Å²) in [6.07, 6.45) is 4.04. The molecule has 0 saturated heterocycles. The molecule has 10 heavy (non-hydrogen) atoms. The molecule has 0 aromatic carbocycles. The summed E-state index contributed by atoms with van der Waals surface area (Å²) < 4.78 is 5.04. The van der Waals surface area contributed by atoms with E-state index < -0.39 is 6.10 Å². The zero-order valence-corrected chi connectivity index (χ0v) is 5.66. The van der Waals surface area contributed by atoms with Gasteiger partial charge in [0, 0.05) is 0 Å². The molecule has 0 saturated carbocycles. The molecule has 2 heteroatoms. The maximum atomic E-state index is 9.01. The molecule has 0 spiro atoms. The Morgan fingerprint density at radius 3 is 2.80 bits per heavy atom. The van der Waals surface area contributed by atoms with Crippen molar-refractivity contribution in [2.75, 3.05) is 0 Å². The first-order valence-electron chi connectivity index (χ1n) is 2.94. The second kappa shape index (κ2) is 2.59. The molecule has 1 atom stereocenters. The van der Waals surface area contributed by atoms with Crippen LogP contribution in [0.5, 0.6) is 0 Å². The van der Waals surface area contributed by atoms with E-state index in [4.69, 9.17) is 15.9 Å². The number of furan rings is 1. The van der Waals surface area contributed by atoms with Crippen molar-refractivity contribution in [2.45, 2.75) is 13.0 Å². The number of terminal acetylenes is 1. The van der Waals surface area contributed by atoms with Crippen molar-refractivity contribution in [1.29, 1.82) is 0 Å². The van der Waals surface area contributed by atoms with Crippen LogP contribution in [-0.2, 0) is 0 Å². The quantitative estimate of drug-likeness (QED) is 0.589. The van der Waals surface area contributed by atoms with Gasteiger partial charge in [-0.1, -0.05) is 5.92 Å². The third-order valence-electron chi connectivity index (χ3n) is 1.19. The van der Waals surface area contributed by atoms with E-state index in [-0.39, 0.29) is 0 Å². The molecule has 0 amide bonds. The molecule has 1 aromatic heterocycles. The van der Waals surface area contributed by atoms with Crippen molar-refractivity contribution in [3.05, 3.63) is 23.7 Å². The molecular weight excluding hydrogens is 128 g/mol. The average Bonchev–Trinajstić information content (AvgIpc) is 2.34. The predicted molar refractivity (Wildman–Crippen MR) is 37.2 cm³/mol. The molecule has 1 unspecified atom stereocenters. The minimum absolute atomic E-state index is 0.431. The van der Waals surface area contributed by atoms with Crippen LogP contribution in [0.2, 0.25) is 0 Å². The number of aliphatic hydroxyl groups is 1. The maximum Gasteiger partial charge on any atom is 0.172 e. The van der Waals surface area contributed by atoms with Crippen LogP contribution < -0.4 is 0 Å².